The second-order valence-electron chi connectivity index (χ2n) is 18.4. The molecule has 4 bridgehead atoms. The van der Waals surface area contributed by atoms with Crippen LogP contribution in [0.25, 0.3) is 0 Å². The van der Waals surface area contributed by atoms with Gasteiger partial charge in [0.15, 0.2) is 0 Å². The molecule has 10 rings (SSSR count). The van der Waals surface area contributed by atoms with Crippen LogP contribution >= 0.6 is 0 Å². The first kappa shape index (κ1) is 32.4. The highest BCUT2D eigenvalue weighted by atomic mass is 17.2. The summed E-state index contributed by atoms with van der Waals surface area (Å²) >= 11 is 0. The average Bonchev–Trinajstić information content (AvgIpc) is 3.38. The summed E-state index contributed by atoms with van der Waals surface area (Å²) in [5, 5.41) is 4.98. The number of rotatable bonds is 6. The van der Waals surface area contributed by atoms with Gasteiger partial charge in [0.25, 0.3) is 0 Å². The number of hydrogen-bond donors (Lipinski definition) is 0. The molecule has 0 N–H and O–H groups in total. The van der Waals surface area contributed by atoms with Crippen LogP contribution in [-0.2, 0) is 33.9 Å². The van der Waals surface area contributed by atoms with Crippen molar-refractivity contribution in [3.63, 3.8) is 0 Å². The summed E-state index contributed by atoms with van der Waals surface area (Å²) in [6.45, 7) is 19.0. The van der Waals surface area contributed by atoms with E-state index in [0.29, 0.717) is 54.0 Å². The van der Waals surface area contributed by atoms with E-state index in [-0.39, 0.29) is 52.7 Å². The normalized spacial score (nSPS) is 56.2. The molecule has 4 saturated carbocycles. The van der Waals surface area contributed by atoms with Crippen molar-refractivity contribution in [1.29, 1.82) is 0 Å². The number of fused-ring (bicyclic) bond motifs is 4. The Morgan fingerprint density at radius 3 is 1.80 bits per heavy atom. The quantitative estimate of drug-likeness (QED) is 0.166. The van der Waals surface area contributed by atoms with Crippen molar-refractivity contribution in [2.45, 2.75) is 173 Å². The van der Waals surface area contributed by atoms with E-state index in [9.17, 15) is 0 Å². The van der Waals surface area contributed by atoms with Gasteiger partial charge in [-0.25, -0.2) is 19.6 Å². The summed E-state index contributed by atoms with van der Waals surface area (Å²) in [6, 6.07) is 0. The zero-order valence-corrected chi connectivity index (χ0v) is 29.8. The van der Waals surface area contributed by atoms with Crippen molar-refractivity contribution >= 4 is 5.71 Å². The van der Waals surface area contributed by atoms with Crippen LogP contribution in [0.15, 0.2) is 5.16 Å². The average molecular weight is 644 g/mol. The lowest BCUT2D eigenvalue weighted by Crippen LogP contribution is -2.71. The predicted octanol–water partition coefficient (Wildman–Crippen LogP) is 7.82. The highest BCUT2D eigenvalue weighted by molar-refractivity contribution is 5.89. The lowest BCUT2D eigenvalue weighted by atomic mass is 9.55. The molecule has 10 fully saturated rings. The van der Waals surface area contributed by atoms with Crippen molar-refractivity contribution in [3.05, 3.63) is 0 Å². The zero-order chi connectivity index (χ0) is 32.2. The maximum Gasteiger partial charge on any atom is 0.136 e. The Morgan fingerprint density at radius 2 is 1.24 bits per heavy atom. The van der Waals surface area contributed by atoms with E-state index < -0.39 is 0 Å². The van der Waals surface area contributed by atoms with E-state index in [1.165, 1.54) is 12.8 Å². The third-order valence-electron chi connectivity index (χ3n) is 14.9. The molecule has 0 aromatic rings. The van der Waals surface area contributed by atoms with E-state index in [1.807, 2.05) is 0 Å². The molecule has 0 radical (unpaired) electrons. The first-order chi connectivity index (χ1) is 21.9. The Morgan fingerprint density at radius 1 is 0.696 bits per heavy atom. The molecule has 8 nitrogen and oxygen atoms in total. The molecule has 0 aromatic carbocycles. The largest absolute Gasteiger partial charge is 0.396 e. The van der Waals surface area contributed by atoms with E-state index in [4.69, 9.17) is 39.0 Å². The van der Waals surface area contributed by atoms with Crippen molar-refractivity contribution in [2.24, 2.45) is 58.4 Å². The molecule has 0 amide bonds. The number of oxime groups is 1. The fraction of sp³-hybridized carbons (Fsp3) is 0.974. The first-order valence-electron chi connectivity index (χ1n) is 19.1. The molecule has 8 heteroatoms. The van der Waals surface area contributed by atoms with Crippen molar-refractivity contribution in [3.8, 4) is 0 Å². The third kappa shape index (κ3) is 4.76. The molecule has 10 aliphatic rings. The van der Waals surface area contributed by atoms with E-state index in [2.05, 4.69) is 55.4 Å². The molecular weight excluding hydrogens is 582 g/mol. The smallest absolute Gasteiger partial charge is 0.136 e. The first-order valence-corrected chi connectivity index (χ1v) is 19.1. The number of hydrogen-bond acceptors (Lipinski definition) is 8. The van der Waals surface area contributed by atoms with Crippen molar-refractivity contribution < 1.29 is 33.9 Å². The monoisotopic (exact) mass is 643 g/mol. The minimum absolute atomic E-state index is 0.0142. The molecular formula is C38H61NO7. The molecule has 260 valence electrons. The molecule has 6 aliphatic heterocycles. The summed E-state index contributed by atoms with van der Waals surface area (Å²) in [5.41, 5.74) is -0.319. The Labute approximate surface area is 277 Å². The van der Waals surface area contributed by atoms with Gasteiger partial charge in [-0.2, -0.15) is 0 Å². The van der Waals surface area contributed by atoms with Gasteiger partial charge in [0.05, 0.1) is 24.0 Å². The molecule has 16 atom stereocenters. The van der Waals surface area contributed by atoms with E-state index in [0.717, 1.165) is 63.5 Å². The lowest BCUT2D eigenvalue weighted by Gasteiger charge is -2.62. The summed E-state index contributed by atoms with van der Waals surface area (Å²) in [6.07, 6.45) is 11.5. The minimum Gasteiger partial charge on any atom is -0.396 e. The van der Waals surface area contributed by atoms with Gasteiger partial charge in [0, 0.05) is 19.3 Å². The van der Waals surface area contributed by atoms with Gasteiger partial charge in [0.2, 0.25) is 0 Å². The topological polar surface area (TPSA) is 77.0 Å². The summed E-state index contributed by atoms with van der Waals surface area (Å²) in [5.74, 6) is 3.83. The second kappa shape index (κ2) is 11.4. The Balaban J connectivity index is 1.12. The summed E-state index contributed by atoms with van der Waals surface area (Å²) in [7, 11) is 0. The van der Waals surface area contributed by atoms with Crippen LogP contribution in [0.5, 0.6) is 0 Å². The van der Waals surface area contributed by atoms with Crippen LogP contribution < -0.4 is 0 Å². The van der Waals surface area contributed by atoms with E-state index in [1.54, 1.807) is 0 Å². The minimum atomic E-state index is -0.380. The zero-order valence-electron chi connectivity index (χ0n) is 29.8. The van der Waals surface area contributed by atoms with Gasteiger partial charge in [-0.05, 0) is 118 Å². The van der Waals surface area contributed by atoms with Crippen LogP contribution in [-0.4, -0.2) is 59.1 Å². The van der Waals surface area contributed by atoms with Gasteiger partial charge in [-0.1, -0.05) is 46.7 Å². The maximum absolute atomic E-state index is 7.32. The maximum atomic E-state index is 7.32. The SMILES string of the molecule is CC(C)CO/N=C(/C[C@H]1O[C@@H]2C[C@@]3(C)CC[C@H]4[C@H](C)CC[C@@H]([C@H]1C)[C@@]24OO3)[C@H]1O[C@@H]2C[C@@]3(C)CC[C@H]4[C@H](C)CC[C@@H]([C@H]1C)[C@@]24OO3. The fourth-order valence-electron chi connectivity index (χ4n) is 12.3. The molecule has 4 aliphatic carbocycles. The van der Waals surface area contributed by atoms with Crippen LogP contribution in [0.2, 0.25) is 0 Å². The van der Waals surface area contributed by atoms with Crippen LogP contribution in [0.3, 0.4) is 0 Å². The van der Waals surface area contributed by atoms with E-state index >= 15 is 0 Å². The molecule has 6 saturated heterocycles. The second-order valence-corrected chi connectivity index (χ2v) is 18.4. The van der Waals surface area contributed by atoms with Crippen molar-refractivity contribution in [2.75, 3.05) is 6.61 Å². The standard InChI is InChI=1S/C38H61NO7/c1-21(2)20-40-39-30(34-25(6)29-12-10-23(4)27-14-16-36(8)19-33(42-34)38(27,29)46-44-36)17-31-24(5)28-11-9-22(3)26-13-15-35(7)18-32(41-31)37(26,28)45-43-35/h21-29,31-34H,9-20H2,1-8H3/b39-30-/t22-,23-,24-,25-,26+,27+,28+,29+,31-,32-,33-,34+,35-,36-,37-,38-/m1/s1. The fourth-order valence-corrected chi connectivity index (χ4v) is 12.3. The third-order valence-corrected chi connectivity index (χ3v) is 14.9. The van der Waals surface area contributed by atoms with Gasteiger partial charge >= 0.3 is 0 Å². The molecule has 0 aromatic heterocycles. The molecule has 0 unspecified atom stereocenters. The number of nitrogens with zero attached hydrogens (tertiary/aromatic N) is 1. The Bertz CT molecular complexity index is 1200. The van der Waals surface area contributed by atoms with Gasteiger partial charge < -0.3 is 14.3 Å². The highest BCUT2D eigenvalue weighted by Gasteiger charge is 2.70. The highest BCUT2D eigenvalue weighted by Crippen LogP contribution is 2.63. The molecule has 6 heterocycles. The predicted molar refractivity (Wildman–Crippen MR) is 174 cm³/mol. The van der Waals surface area contributed by atoms with Crippen LogP contribution in [0, 0.1) is 53.3 Å². The Hall–Kier alpha value is -0.770. The van der Waals surface area contributed by atoms with Crippen LogP contribution in [0.4, 0.5) is 0 Å². The summed E-state index contributed by atoms with van der Waals surface area (Å²) < 4.78 is 14.6. The van der Waals surface area contributed by atoms with Gasteiger partial charge in [-0.3, -0.25) is 0 Å². The van der Waals surface area contributed by atoms with Crippen LogP contribution in [0.1, 0.15) is 126 Å². The lowest BCUT2D eigenvalue weighted by molar-refractivity contribution is -0.487. The molecule has 2 spiro atoms. The number of ether oxygens (including phenoxy) is 2. The van der Waals surface area contributed by atoms with Crippen molar-refractivity contribution in [1.82, 2.24) is 0 Å². The van der Waals surface area contributed by atoms with Gasteiger partial charge in [-0.15, -0.1) is 0 Å². The van der Waals surface area contributed by atoms with Gasteiger partial charge in [0.1, 0.15) is 35.1 Å². The summed E-state index contributed by atoms with van der Waals surface area (Å²) in [4.78, 5) is 31.9. The Kier molecular flexibility index (Phi) is 8.02. The molecule has 46 heavy (non-hydrogen) atoms.